The van der Waals surface area contributed by atoms with E-state index in [1.54, 1.807) is 12.1 Å². The van der Waals surface area contributed by atoms with Crippen molar-refractivity contribution in [1.82, 2.24) is 0 Å². The van der Waals surface area contributed by atoms with Crippen LogP contribution < -0.4 is 0 Å². The van der Waals surface area contributed by atoms with Crippen LogP contribution in [0.5, 0.6) is 0 Å². The summed E-state index contributed by atoms with van der Waals surface area (Å²) in [6.45, 7) is 0. The van der Waals surface area contributed by atoms with Crippen LogP contribution in [0.15, 0.2) is 54.9 Å². The van der Waals surface area contributed by atoms with Crippen molar-refractivity contribution in [2.24, 2.45) is 5.92 Å². The van der Waals surface area contributed by atoms with Gasteiger partial charge in [0.15, 0.2) is 11.6 Å². The summed E-state index contributed by atoms with van der Waals surface area (Å²) in [4.78, 5) is 0. The second-order valence-electron chi connectivity index (χ2n) is 8.32. The van der Waals surface area contributed by atoms with Crippen LogP contribution in [0, 0.1) is 17.6 Å². The third-order valence-electron chi connectivity index (χ3n) is 6.30. The van der Waals surface area contributed by atoms with Gasteiger partial charge in [-0.05, 0) is 79.2 Å². The molecule has 0 radical (unpaired) electrons. The molecule has 0 heterocycles. The van der Waals surface area contributed by atoms with Crippen molar-refractivity contribution in [3.8, 4) is 11.1 Å². The molecule has 0 aromatic heterocycles. The Morgan fingerprint density at radius 2 is 1.45 bits per heavy atom. The molecule has 0 nitrogen and oxygen atoms in total. The van der Waals surface area contributed by atoms with Crippen LogP contribution in [0.4, 0.5) is 13.2 Å². The summed E-state index contributed by atoms with van der Waals surface area (Å²) < 4.78 is 38.5. The van der Waals surface area contributed by atoms with Gasteiger partial charge in [-0.2, -0.15) is 0 Å². The second kappa shape index (κ2) is 11.2. The Morgan fingerprint density at radius 1 is 0.759 bits per heavy atom. The van der Waals surface area contributed by atoms with Gasteiger partial charge < -0.3 is 0 Å². The minimum Gasteiger partial charge on any atom is -0.216 e. The Kier molecular flexibility index (Phi) is 8.39. The van der Waals surface area contributed by atoms with E-state index < -0.39 is 11.6 Å². The topological polar surface area (TPSA) is 0 Å². The molecule has 0 N–H and O–H groups in total. The average molecular weight is 401 g/mol. The van der Waals surface area contributed by atoms with Crippen molar-refractivity contribution in [2.75, 3.05) is 0 Å². The van der Waals surface area contributed by atoms with Gasteiger partial charge in [-0.15, -0.1) is 0 Å². The van der Waals surface area contributed by atoms with Crippen molar-refractivity contribution >= 4 is 0 Å². The minimum absolute atomic E-state index is 0.609. The van der Waals surface area contributed by atoms with E-state index in [1.807, 2.05) is 12.1 Å². The molecule has 29 heavy (non-hydrogen) atoms. The molecule has 0 spiro atoms. The standard InChI is InChI=1S/C26H31F3/c27-18-6-4-2-1-3-5-7-20-8-10-21(11-9-20)22-12-14-23(15-13-22)24-16-17-25(28)26(29)19-24/h6,12-21H,1-5,7-11H2. The lowest BCUT2D eigenvalue weighted by molar-refractivity contribution is 0.302. The number of hydrogen-bond donors (Lipinski definition) is 0. The fourth-order valence-corrected chi connectivity index (χ4v) is 4.52. The molecule has 0 amide bonds. The fraction of sp³-hybridized carbons (Fsp3) is 0.462. The van der Waals surface area contributed by atoms with E-state index in [0.717, 1.165) is 24.3 Å². The van der Waals surface area contributed by atoms with Crippen LogP contribution in [0.2, 0.25) is 0 Å². The van der Waals surface area contributed by atoms with Gasteiger partial charge >= 0.3 is 0 Å². The number of halogens is 3. The molecule has 0 unspecified atom stereocenters. The highest BCUT2D eigenvalue weighted by atomic mass is 19.2. The molecule has 0 saturated heterocycles. The fourth-order valence-electron chi connectivity index (χ4n) is 4.52. The molecule has 0 atom stereocenters. The largest absolute Gasteiger partial charge is 0.216 e. The van der Waals surface area contributed by atoms with Gasteiger partial charge in [0.1, 0.15) is 0 Å². The third-order valence-corrected chi connectivity index (χ3v) is 6.30. The van der Waals surface area contributed by atoms with E-state index in [-0.39, 0.29) is 0 Å². The van der Waals surface area contributed by atoms with Crippen molar-refractivity contribution in [3.63, 3.8) is 0 Å². The van der Waals surface area contributed by atoms with E-state index in [4.69, 9.17) is 0 Å². The summed E-state index contributed by atoms with van der Waals surface area (Å²) in [5.74, 6) is -0.159. The van der Waals surface area contributed by atoms with Gasteiger partial charge in [0.25, 0.3) is 0 Å². The third kappa shape index (κ3) is 6.48. The molecule has 1 fully saturated rings. The van der Waals surface area contributed by atoms with Gasteiger partial charge in [0.05, 0.1) is 6.33 Å². The summed E-state index contributed by atoms with van der Waals surface area (Å²) >= 11 is 0. The SMILES string of the molecule is FC=CCCCCCCC1CCC(c2ccc(-c3ccc(F)c(F)c3)cc2)CC1. The van der Waals surface area contributed by atoms with Crippen molar-refractivity contribution in [1.29, 1.82) is 0 Å². The normalized spacial score (nSPS) is 19.7. The molecule has 1 aliphatic rings. The molecule has 2 aromatic rings. The number of allylic oxidation sites excluding steroid dienone is 1. The smallest absolute Gasteiger partial charge is 0.159 e. The van der Waals surface area contributed by atoms with E-state index in [9.17, 15) is 13.2 Å². The molecule has 1 aliphatic carbocycles. The molecule has 0 aliphatic heterocycles. The van der Waals surface area contributed by atoms with Crippen LogP contribution >= 0.6 is 0 Å². The average Bonchev–Trinajstić information content (AvgIpc) is 2.76. The van der Waals surface area contributed by atoms with E-state index in [0.29, 0.717) is 17.8 Å². The molecule has 2 aromatic carbocycles. The first-order chi connectivity index (χ1) is 14.2. The van der Waals surface area contributed by atoms with Gasteiger partial charge in [0, 0.05) is 0 Å². The monoisotopic (exact) mass is 400 g/mol. The van der Waals surface area contributed by atoms with Crippen LogP contribution in [-0.4, -0.2) is 0 Å². The molecule has 156 valence electrons. The lowest BCUT2D eigenvalue weighted by Crippen LogP contribution is -2.13. The molecule has 1 saturated carbocycles. The number of unbranched alkanes of at least 4 members (excludes halogenated alkanes) is 4. The lowest BCUT2D eigenvalue weighted by atomic mass is 9.77. The van der Waals surface area contributed by atoms with Crippen LogP contribution in [-0.2, 0) is 0 Å². The van der Waals surface area contributed by atoms with Crippen LogP contribution in [0.25, 0.3) is 11.1 Å². The summed E-state index contributed by atoms with van der Waals surface area (Å²) in [5, 5.41) is 0. The van der Waals surface area contributed by atoms with Gasteiger partial charge in [-0.3, -0.25) is 0 Å². The van der Waals surface area contributed by atoms with Crippen LogP contribution in [0.1, 0.15) is 75.7 Å². The summed E-state index contributed by atoms with van der Waals surface area (Å²) in [6.07, 6.45) is 14.3. The van der Waals surface area contributed by atoms with E-state index in [1.165, 1.54) is 69.1 Å². The highest BCUT2D eigenvalue weighted by molar-refractivity contribution is 5.63. The zero-order valence-electron chi connectivity index (χ0n) is 17.1. The summed E-state index contributed by atoms with van der Waals surface area (Å²) in [7, 11) is 0. The Hall–Kier alpha value is -2.03. The van der Waals surface area contributed by atoms with Crippen molar-refractivity contribution in [2.45, 2.75) is 70.1 Å². The first kappa shape index (κ1) is 21.7. The quantitative estimate of drug-likeness (QED) is 0.369. The highest BCUT2D eigenvalue weighted by Crippen LogP contribution is 2.38. The first-order valence-corrected chi connectivity index (χ1v) is 11.0. The second-order valence-corrected chi connectivity index (χ2v) is 8.32. The Bertz CT molecular complexity index is 771. The van der Waals surface area contributed by atoms with Gasteiger partial charge in [0.2, 0.25) is 0 Å². The van der Waals surface area contributed by atoms with Crippen molar-refractivity contribution < 1.29 is 13.2 Å². The lowest BCUT2D eigenvalue weighted by Gasteiger charge is -2.29. The predicted octanol–water partition coefficient (Wildman–Crippen LogP) is 8.73. The minimum atomic E-state index is -0.809. The predicted molar refractivity (Wildman–Crippen MR) is 114 cm³/mol. The van der Waals surface area contributed by atoms with Crippen molar-refractivity contribution in [3.05, 3.63) is 72.1 Å². The summed E-state index contributed by atoms with van der Waals surface area (Å²) in [6, 6.07) is 12.4. The number of rotatable bonds is 9. The zero-order chi connectivity index (χ0) is 20.5. The molecule has 3 heteroatoms. The maximum absolute atomic E-state index is 13.5. The van der Waals surface area contributed by atoms with Gasteiger partial charge in [-0.1, -0.05) is 62.1 Å². The number of benzene rings is 2. The molecule has 0 bridgehead atoms. The maximum Gasteiger partial charge on any atom is 0.159 e. The molecule has 3 rings (SSSR count). The Morgan fingerprint density at radius 3 is 2.14 bits per heavy atom. The molecular formula is C26H31F3. The Labute approximate surface area is 172 Å². The van der Waals surface area contributed by atoms with E-state index in [2.05, 4.69) is 12.1 Å². The zero-order valence-corrected chi connectivity index (χ0v) is 17.1. The van der Waals surface area contributed by atoms with Gasteiger partial charge in [-0.25, -0.2) is 13.2 Å². The molecular weight excluding hydrogens is 369 g/mol. The highest BCUT2D eigenvalue weighted by Gasteiger charge is 2.22. The Balaban J connectivity index is 1.42. The number of hydrogen-bond acceptors (Lipinski definition) is 0. The first-order valence-electron chi connectivity index (χ1n) is 11.0. The van der Waals surface area contributed by atoms with Crippen LogP contribution in [0.3, 0.4) is 0 Å². The maximum atomic E-state index is 13.5. The van der Waals surface area contributed by atoms with E-state index >= 15 is 0 Å². The summed E-state index contributed by atoms with van der Waals surface area (Å²) in [5.41, 5.74) is 2.99.